The van der Waals surface area contributed by atoms with E-state index in [9.17, 15) is 4.79 Å². The molecule has 3 aliphatic rings. The smallest absolute Gasteiger partial charge is 0.229 e. The van der Waals surface area contributed by atoms with E-state index >= 15 is 0 Å². The van der Waals surface area contributed by atoms with E-state index in [2.05, 4.69) is 15.2 Å². The number of fused-ring (bicyclic) bond motifs is 1. The first-order valence-corrected chi connectivity index (χ1v) is 10.3. The zero-order valence-corrected chi connectivity index (χ0v) is 16.7. The van der Waals surface area contributed by atoms with Crippen LogP contribution in [0.5, 0.6) is 0 Å². The maximum atomic E-state index is 12.9. The number of halogens is 1. The number of ether oxygens (including phenoxy) is 1. The molecule has 0 radical (unpaired) electrons. The molecule has 7 nitrogen and oxygen atoms in total. The van der Waals surface area contributed by atoms with Crippen LogP contribution in [0.25, 0.3) is 0 Å². The first-order valence-electron chi connectivity index (χ1n) is 9.91. The second kappa shape index (κ2) is 7.31. The zero-order valence-electron chi connectivity index (χ0n) is 15.9. The van der Waals surface area contributed by atoms with Crippen molar-refractivity contribution in [2.45, 2.75) is 25.2 Å². The summed E-state index contributed by atoms with van der Waals surface area (Å²) in [4.78, 5) is 24.4. The molecule has 1 fully saturated rings. The van der Waals surface area contributed by atoms with E-state index in [-0.39, 0.29) is 11.7 Å². The molecule has 150 valence electrons. The van der Waals surface area contributed by atoms with Gasteiger partial charge in [-0.15, -0.1) is 0 Å². The normalized spacial score (nSPS) is 21.5. The van der Waals surface area contributed by atoms with Crippen molar-refractivity contribution in [3.05, 3.63) is 51.7 Å². The van der Waals surface area contributed by atoms with Crippen LogP contribution in [0.2, 0.25) is 5.02 Å². The molecule has 1 aliphatic carbocycles. The van der Waals surface area contributed by atoms with E-state index in [0.29, 0.717) is 42.2 Å². The number of nitrogen functional groups attached to an aromatic ring is 1. The van der Waals surface area contributed by atoms with Gasteiger partial charge in [-0.1, -0.05) is 29.8 Å². The predicted molar refractivity (Wildman–Crippen MR) is 112 cm³/mol. The van der Waals surface area contributed by atoms with E-state index in [0.717, 1.165) is 48.3 Å². The monoisotopic (exact) mass is 411 g/mol. The van der Waals surface area contributed by atoms with Crippen molar-refractivity contribution in [1.29, 1.82) is 0 Å². The summed E-state index contributed by atoms with van der Waals surface area (Å²) < 4.78 is 5.43. The van der Waals surface area contributed by atoms with E-state index < -0.39 is 0 Å². The minimum atomic E-state index is -0.360. The Morgan fingerprint density at radius 1 is 1.17 bits per heavy atom. The van der Waals surface area contributed by atoms with Crippen molar-refractivity contribution in [2.24, 2.45) is 0 Å². The molecular formula is C21H22ClN5O2. The van der Waals surface area contributed by atoms with Crippen molar-refractivity contribution in [3.63, 3.8) is 0 Å². The summed E-state index contributed by atoms with van der Waals surface area (Å²) >= 11 is 6.55. The third kappa shape index (κ3) is 3.14. The Bertz CT molecular complexity index is 1020. The molecule has 1 atom stereocenters. The van der Waals surface area contributed by atoms with E-state index in [1.54, 1.807) is 0 Å². The average Bonchev–Trinajstić information content (AvgIpc) is 2.73. The number of anilines is 3. The molecule has 5 rings (SSSR count). The number of carbonyl (C=O) groups is 1. The number of morpholine rings is 1. The summed E-state index contributed by atoms with van der Waals surface area (Å²) in [5, 5.41) is 4.00. The maximum Gasteiger partial charge on any atom is 0.229 e. The number of Topliss-reactive ketones (excluding diaryl/α,β-unsaturated/α-hetero) is 1. The fourth-order valence-corrected chi connectivity index (χ4v) is 4.64. The van der Waals surface area contributed by atoms with Crippen LogP contribution in [0, 0.1) is 0 Å². The average molecular weight is 412 g/mol. The van der Waals surface area contributed by atoms with Crippen LogP contribution in [-0.2, 0) is 9.53 Å². The summed E-state index contributed by atoms with van der Waals surface area (Å²) in [6.45, 7) is 2.72. The molecule has 8 heteroatoms. The Morgan fingerprint density at radius 3 is 2.76 bits per heavy atom. The number of nitrogens with two attached hydrogens (primary N) is 1. The lowest BCUT2D eigenvalue weighted by Gasteiger charge is -2.35. The van der Waals surface area contributed by atoms with Gasteiger partial charge in [0.25, 0.3) is 0 Å². The lowest BCUT2D eigenvalue weighted by molar-refractivity contribution is -0.116. The number of aromatic nitrogens is 2. The molecule has 29 heavy (non-hydrogen) atoms. The summed E-state index contributed by atoms with van der Waals surface area (Å²) in [5.41, 5.74) is 9.71. The Hall–Kier alpha value is -2.64. The van der Waals surface area contributed by atoms with Crippen LogP contribution in [0.4, 0.5) is 17.6 Å². The van der Waals surface area contributed by atoms with E-state index in [4.69, 9.17) is 27.1 Å². The molecule has 1 aromatic heterocycles. The van der Waals surface area contributed by atoms with Gasteiger partial charge in [0.15, 0.2) is 5.78 Å². The molecule has 0 saturated carbocycles. The van der Waals surface area contributed by atoms with Crippen molar-refractivity contribution in [1.82, 2.24) is 9.97 Å². The highest BCUT2D eigenvalue weighted by Crippen LogP contribution is 2.48. The van der Waals surface area contributed by atoms with Crippen molar-refractivity contribution in [2.75, 3.05) is 42.3 Å². The Balaban J connectivity index is 1.68. The van der Waals surface area contributed by atoms with Crippen molar-refractivity contribution in [3.8, 4) is 0 Å². The molecule has 0 spiro atoms. The van der Waals surface area contributed by atoms with Gasteiger partial charge >= 0.3 is 0 Å². The number of carbonyl (C=O) groups excluding carboxylic acids is 1. The minimum Gasteiger partial charge on any atom is -0.383 e. The zero-order chi connectivity index (χ0) is 20.0. The van der Waals surface area contributed by atoms with Gasteiger partial charge in [0.1, 0.15) is 11.6 Å². The van der Waals surface area contributed by atoms with Crippen LogP contribution >= 0.6 is 11.6 Å². The van der Waals surface area contributed by atoms with Crippen LogP contribution in [0.3, 0.4) is 0 Å². The summed E-state index contributed by atoms with van der Waals surface area (Å²) in [6, 6.07) is 7.60. The minimum absolute atomic E-state index is 0.131. The number of allylic oxidation sites excluding steroid dienone is 2. The number of hydrogen-bond acceptors (Lipinski definition) is 7. The number of benzene rings is 1. The summed E-state index contributed by atoms with van der Waals surface area (Å²) in [7, 11) is 0. The second-order valence-electron chi connectivity index (χ2n) is 7.52. The van der Waals surface area contributed by atoms with Crippen LogP contribution < -0.4 is 16.0 Å². The van der Waals surface area contributed by atoms with Gasteiger partial charge in [-0.05, 0) is 24.5 Å². The number of hydrogen-bond donors (Lipinski definition) is 2. The largest absolute Gasteiger partial charge is 0.383 e. The predicted octanol–water partition coefficient (Wildman–Crippen LogP) is 3.11. The molecule has 2 aliphatic heterocycles. The highest BCUT2D eigenvalue weighted by molar-refractivity contribution is 6.31. The van der Waals surface area contributed by atoms with Crippen LogP contribution in [0.1, 0.15) is 36.3 Å². The SMILES string of the molecule is Nc1nc(N2CCOCC2)nc2c1[C@@H](c1ccccc1Cl)C1=C(CCCC1=O)N2. The molecule has 2 aromatic rings. The lowest BCUT2D eigenvalue weighted by atomic mass is 9.76. The quantitative estimate of drug-likeness (QED) is 0.784. The van der Waals surface area contributed by atoms with E-state index in [1.165, 1.54) is 0 Å². The van der Waals surface area contributed by atoms with Gasteiger partial charge < -0.3 is 20.7 Å². The maximum absolute atomic E-state index is 12.9. The number of ketones is 1. The molecule has 0 unspecified atom stereocenters. The molecule has 0 amide bonds. The molecular weight excluding hydrogens is 390 g/mol. The highest BCUT2D eigenvalue weighted by atomic mass is 35.5. The van der Waals surface area contributed by atoms with Gasteiger partial charge in [-0.3, -0.25) is 4.79 Å². The van der Waals surface area contributed by atoms with Gasteiger partial charge in [0, 0.05) is 47.3 Å². The highest BCUT2D eigenvalue weighted by Gasteiger charge is 2.38. The van der Waals surface area contributed by atoms with Gasteiger partial charge in [-0.25, -0.2) is 0 Å². The summed E-state index contributed by atoms with van der Waals surface area (Å²) in [6.07, 6.45) is 2.16. The second-order valence-corrected chi connectivity index (χ2v) is 7.93. The first kappa shape index (κ1) is 18.4. The third-order valence-corrected chi connectivity index (χ3v) is 6.12. The van der Waals surface area contributed by atoms with Crippen molar-refractivity contribution < 1.29 is 9.53 Å². The fourth-order valence-electron chi connectivity index (χ4n) is 4.40. The topological polar surface area (TPSA) is 93.4 Å². The third-order valence-electron chi connectivity index (χ3n) is 5.78. The van der Waals surface area contributed by atoms with Crippen molar-refractivity contribution >= 4 is 35.0 Å². The van der Waals surface area contributed by atoms with Gasteiger partial charge in [0.05, 0.1) is 13.2 Å². The molecule has 3 N–H and O–H groups in total. The molecule has 3 heterocycles. The van der Waals surface area contributed by atoms with Crippen LogP contribution in [-0.4, -0.2) is 42.1 Å². The standard InChI is InChI=1S/C21H22ClN5O2/c22-13-5-2-1-4-12(13)16-17-14(6-3-7-15(17)28)24-20-18(16)19(23)25-21(26-20)27-8-10-29-11-9-27/h1-2,4-5,16H,3,6-11H2,(H3,23,24,25,26)/t16-/m0/s1. The molecule has 1 aromatic carbocycles. The number of nitrogens with one attached hydrogen (secondary N) is 1. The lowest BCUT2D eigenvalue weighted by Crippen LogP contribution is -2.38. The van der Waals surface area contributed by atoms with Crippen LogP contribution in [0.15, 0.2) is 35.5 Å². The fraction of sp³-hybridized carbons (Fsp3) is 0.381. The Kier molecular flexibility index (Phi) is 4.64. The number of nitrogens with zero attached hydrogens (tertiary/aromatic N) is 3. The molecule has 1 saturated heterocycles. The van der Waals surface area contributed by atoms with E-state index in [1.807, 2.05) is 24.3 Å². The Labute approximate surface area is 173 Å². The molecule has 0 bridgehead atoms. The Morgan fingerprint density at radius 2 is 1.97 bits per heavy atom. The van der Waals surface area contributed by atoms with Gasteiger partial charge in [-0.2, -0.15) is 9.97 Å². The van der Waals surface area contributed by atoms with Gasteiger partial charge in [0.2, 0.25) is 5.95 Å². The number of rotatable bonds is 2. The first-order chi connectivity index (χ1) is 14.1. The summed E-state index contributed by atoms with van der Waals surface area (Å²) in [5.74, 6) is 1.39.